The molecule has 2 saturated carbocycles. The third-order valence-corrected chi connectivity index (χ3v) is 8.14. The van der Waals surface area contributed by atoms with Crippen molar-refractivity contribution in [3.8, 4) is 0 Å². The molecule has 2 aliphatic carbocycles. The summed E-state index contributed by atoms with van der Waals surface area (Å²) in [6, 6.07) is 11.3. The van der Waals surface area contributed by atoms with E-state index < -0.39 is 0 Å². The molecule has 0 nitrogen and oxygen atoms in total. The maximum Gasteiger partial charge on any atom is 0.105 e. The smallest absolute Gasteiger partial charge is 0.0886 e. The van der Waals surface area contributed by atoms with E-state index in [2.05, 4.69) is 64.2 Å². The third kappa shape index (κ3) is 6.65. The Morgan fingerprint density at radius 2 is 1.71 bits per heavy atom. The summed E-state index contributed by atoms with van der Waals surface area (Å²) in [6.07, 6.45) is 17.9. The number of benzene rings is 1. The minimum atomic E-state index is 0.870. The third-order valence-electron chi connectivity index (χ3n) is 7.67. The van der Waals surface area contributed by atoms with E-state index in [1.54, 1.807) is 5.56 Å². The topological polar surface area (TPSA) is 0 Å². The number of allylic oxidation sites excluding steroid dienone is 2. The van der Waals surface area contributed by atoms with Crippen molar-refractivity contribution in [3.63, 3.8) is 0 Å². The zero-order chi connectivity index (χ0) is 19.9. The van der Waals surface area contributed by atoms with Crippen molar-refractivity contribution in [2.75, 3.05) is 0 Å². The first-order valence-corrected chi connectivity index (χ1v) is 13.4. The summed E-state index contributed by atoms with van der Waals surface area (Å²) in [5, 5.41) is 0. The van der Waals surface area contributed by atoms with Gasteiger partial charge in [-0.15, -0.1) is 0 Å². The molecule has 0 aliphatic heterocycles. The fourth-order valence-electron chi connectivity index (χ4n) is 6.05. The molecule has 0 heterocycles. The Kier molecular flexibility index (Phi) is 8.51. The van der Waals surface area contributed by atoms with Crippen LogP contribution in [0.1, 0.15) is 70.8 Å². The van der Waals surface area contributed by atoms with Gasteiger partial charge in [-0.3, -0.25) is 0 Å². The number of hydrogen-bond donors (Lipinski definition) is 0. The molecule has 0 aromatic heterocycles. The van der Waals surface area contributed by atoms with Gasteiger partial charge in [-0.05, 0) is 86.5 Å². The second kappa shape index (κ2) is 10.9. The first-order valence-electron chi connectivity index (χ1n) is 12.2. The summed E-state index contributed by atoms with van der Waals surface area (Å²) in [6.45, 7) is 4.84. The van der Waals surface area contributed by atoms with Crippen LogP contribution in [0, 0.1) is 29.6 Å². The Morgan fingerprint density at radius 3 is 2.43 bits per heavy atom. The average Bonchev–Trinajstić information content (AvgIpc) is 2.83. The number of hydrogen-bond acceptors (Lipinski definition) is 0. The minimum Gasteiger partial charge on any atom is -0.0886 e. The van der Waals surface area contributed by atoms with Gasteiger partial charge < -0.3 is 0 Å². The Labute approximate surface area is 178 Å². The van der Waals surface area contributed by atoms with E-state index in [1.807, 2.05) is 0 Å². The molecule has 2 fully saturated rings. The maximum atomic E-state index is 2.54. The Bertz CT molecular complexity index is 594. The van der Waals surface area contributed by atoms with Crippen LogP contribution in [0.15, 0.2) is 42.5 Å². The molecule has 0 bridgehead atoms. The summed E-state index contributed by atoms with van der Waals surface area (Å²) in [7, 11) is 3.78. The summed E-state index contributed by atoms with van der Waals surface area (Å²) in [5.74, 6) is 5.65. The van der Waals surface area contributed by atoms with E-state index >= 15 is 0 Å². The first-order chi connectivity index (χ1) is 13.5. The van der Waals surface area contributed by atoms with Crippen LogP contribution in [-0.2, 0) is 6.42 Å². The van der Waals surface area contributed by atoms with E-state index in [0.29, 0.717) is 0 Å². The van der Waals surface area contributed by atoms with Crippen molar-refractivity contribution >= 4 is 18.1 Å². The van der Waals surface area contributed by atoms with Crippen molar-refractivity contribution in [2.24, 2.45) is 29.6 Å². The van der Waals surface area contributed by atoms with E-state index in [0.717, 1.165) is 40.9 Å². The second-order valence-electron chi connectivity index (χ2n) is 10.8. The molecular formula is C26H43BSi. The van der Waals surface area contributed by atoms with E-state index in [4.69, 9.17) is 0 Å². The van der Waals surface area contributed by atoms with Crippen LogP contribution in [0.5, 0.6) is 0 Å². The Balaban J connectivity index is 1.68. The van der Waals surface area contributed by atoms with Crippen molar-refractivity contribution < 1.29 is 0 Å². The SMILES string of the molecule is BC(C)C1CCC2CC(C/C=C\CC(C)[SiH3])CC(Cc3ccccc3)CC2C1. The lowest BCUT2D eigenvalue weighted by atomic mass is 9.63. The van der Waals surface area contributed by atoms with Gasteiger partial charge in [-0.25, -0.2) is 0 Å². The highest BCUT2D eigenvalue weighted by atomic mass is 28.1. The van der Waals surface area contributed by atoms with Gasteiger partial charge >= 0.3 is 0 Å². The molecule has 2 aliphatic rings. The van der Waals surface area contributed by atoms with Crippen LogP contribution in [0.4, 0.5) is 0 Å². The standard InChI is InChI=1S/C26H43BSi/c1-19(28)8-6-7-11-22-15-23(14-21-9-4-3-5-10-21)17-26-18-24(20(2)27)12-13-25(26)16-22/h3-7,9-10,19-20,22-26H,8,11-18,27H2,1-2,28H3/b7-6-. The number of rotatable bonds is 7. The molecule has 0 amide bonds. The molecule has 1 aromatic carbocycles. The molecule has 0 spiro atoms. The van der Waals surface area contributed by atoms with Gasteiger partial charge in [0.25, 0.3) is 0 Å². The molecular weight excluding hydrogens is 351 g/mol. The largest absolute Gasteiger partial charge is 0.105 e. The first kappa shape index (κ1) is 21.9. The van der Waals surface area contributed by atoms with E-state index in [1.165, 1.54) is 68.0 Å². The summed E-state index contributed by atoms with van der Waals surface area (Å²) in [5.41, 5.74) is 2.48. The van der Waals surface area contributed by atoms with Gasteiger partial charge in [0.1, 0.15) is 7.85 Å². The lowest BCUT2D eigenvalue weighted by Crippen LogP contribution is -2.27. The molecule has 7 unspecified atom stereocenters. The predicted molar refractivity (Wildman–Crippen MR) is 131 cm³/mol. The van der Waals surface area contributed by atoms with Gasteiger partial charge in [-0.2, -0.15) is 0 Å². The fraction of sp³-hybridized carbons (Fsp3) is 0.692. The monoisotopic (exact) mass is 394 g/mol. The molecule has 3 rings (SSSR count). The van der Waals surface area contributed by atoms with Gasteiger partial charge in [0.05, 0.1) is 0 Å². The molecule has 154 valence electrons. The maximum absolute atomic E-state index is 2.54. The van der Waals surface area contributed by atoms with E-state index in [-0.39, 0.29) is 0 Å². The van der Waals surface area contributed by atoms with Crippen molar-refractivity contribution in [3.05, 3.63) is 48.0 Å². The normalized spacial score (nSPS) is 33.3. The lowest BCUT2D eigenvalue weighted by Gasteiger charge is -2.38. The predicted octanol–water partition coefficient (Wildman–Crippen LogP) is 5.63. The molecule has 1 aromatic rings. The van der Waals surface area contributed by atoms with Crippen LogP contribution < -0.4 is 0 Å². The quantitative estimate of drug-likeness (QED) is 0.415. The molecule has 0 saturated heterocycles. The highest BCUT2D eigenvalue weighted by molar-refractivity contribution is 6.11. The minimum absolute atomic E-state index is 0.870. The number of fused-ring (bicyclic) bond motifs is 1. The van der Waals surface area contributed by atoms with Crippen LogP contribution in [0.25, 0.3) is 0 Å². The van der Waals surface area contributed by atoms with Crippen molar-refractivity contribution in [1.82, 2.24) is 0 Å². The van der Waals surface area contributed by atoms with Crippen LogP contribution in [0.2, 0.25) is 11.4 Å². The zero-order valence-electron chi connectivity index (χ0n) is 18.9. The molecule has 2 heteroatoms. The Morgan fingerprint density at radius 1 is 0.964 bits per heavy atom. The van der Waals surface area contributed by atoms with Crippen molar-refractivity contribution in [2.45, 2.75) is 83.0 Å². The summed E-state index contributed by atoms with van der Waals surface area (Å²) >= 11 is 0. The van der Waals surface area contributed by atoms with Crippen LogP contribution in [-0.4, -0.2) is 18.1 Å². The molecule has 0 radical (unpaired) electrons. The van der Waals surface area contributed by atoms with Gasteiger partial charge in [0.15, 0.2) is 0 Å². The lowest BCUT2D eigenvalue weighted by molar-refractivity contribution is 0.151. The van der Waals surface area contributed by atoms with Gasteiger partial charge in [0, 0.05) is 10.2 Å². The average molecular weight is 395 g/mol. The highest BCUT2D eigenvalue weighted by Gasteiger charge is 2.37. The Hall–Kier alpha value is -0.758. The highest BCUT2D eigenvalue weighted by Crippen LogP contribution is 2.48. The summed E-state index contributed by atoms with van der Waals surface area (Å²) < 4.78 is 0. The molecule has 28 heavy (non-hydrogen) atoms. The van der Waals surface area contributed by atoms with E-state index in [9.17, 15) is 0 Å². The van der Waals surface area contributed by atoms with Crippen LogP contribution in [0.3, 0.4) is 0 Å². The second-order valence-corrected chi connectivity index (χ2v) is 12.8. The molecule has 0 N–H and O–H groups in total. The zero-order valence-corrected chi connectivity index (χ0v) is 20.9. The molecule has 7 atom stereocenters. The van der Waals surface area contributed by atoms with Crippen molar-refractivity contribution in [1.29, 1.82) is 0 Å². The van der Waals surface area contributed by atoms with Crippen LogP contribution >= 0.6 is 0 Å². The summed E-state index contributed by atoms with van der Waals surface area (Å²) in [4.78, 5) is 0. The fourth-order valence-corrected chi connectivity index (χ4v) is 6.32. The van der Waals surface area contributed by atoms with Gasteiger partial charge in [0.2, 0.25) is 0 Å². The van der Waals surface area contributed by atoms with Gasteiger partial charge in [-0.1, -0.05) is 74.1 Å².